The number of hydrazone groups is 1. The number of nitrogens with zero attached hydrogens (tertiary/aromatic N) is 6. The molecule has 0 saturated carbocycles. The van der Waals surface area contributed by atoms with Crippen molar-refractivity contribution in [3.63, 3.8) is 0 Å². The lowest BCUT2D eigenvalue weighted by atomic mass is 10.1. The average molecular weight is 478 g/mol. The number of hydrogen-bond acceptors (Lipinski definition) is 11. The van der Waals surface area contributed by atoms with E-state index in [1.165, 1.54) is 25.1 Å². The summed E-state index contributed by atoms with van der Waals surface area (Å²) in [6.45, 7) is 2.40. The van der Waals surface area contributed by atoms with Crippen molar-refractivity contribution in [3.05, 3.63) is 53.7 Å². The van der Waals surface area contributed by atoms with Gasteiger partial charge in [-0.2, -0.15) is 9.78 Å². The Labute approximate surface area is 199 Å². The molecule has 2 aromatic heterocycles. The SMILES string of the molecule is CCOc1ccc(-c2c(C(=O)N/N=C/c3cccc(OC)c3OC)nnn2-c2nonc2N)cc1. The number of hydrogen-bond donors (Lipinski definition) is 2. The molecule has 0 aliphatic rings. The standard InChI is InChI=1S/C22H22N8O5/c1-4-34-15-10-8-13(9-11-15)18-17(25-29-30(18)21-20(23)27-35-28-21)22(31)26-24-12-14-6-5-7-16(32-2)19(14)33-3/h5-12H,4H2,1-3H3,(H2,23,27)(H,26,31)/b24-12+. The van der Waals surface area contributed by atoms with Crippen molar-refractivity contribution in [3.8, 4) is 34.3 Å². The first-order valence-corrected chi connectivity index (χ1v) is 10.4. The van der Waals surface area contributed by atoms with E-state index in [2.05, 4.69) is 35.8 Å². The number of rotatable bonds is 9. The fraction of sp³-hybridized carbons (Fsp3) is 0.182. The molecular weight excluding hydrogens is 456 g/mol. The molecule has 3 N–H and O–H groups in total. The Morgan fingerprint density at radius 3 is 2.63 bits per heavy atom. The van der Waals surface area contributed by atoms with Gasteiger partial charge in [0, 0.05) is 11.1 Å². The summed E-state index contributed by atoms with van der Waals surface area (Å²) < 4.78 is 22.1. The summed E-state index contributed by atoms with van der Waals surface area (Å²) in [7, 11) is 3.04. The van der Waals surface area contributed by atoms with E-state index in [-0.39, 0.29) is 17.3 Å². The number of methoxy groups -OCH3 is 2. The van der Waals surface area contributed by atoms with Gasteiger partial charge in [-0.05, 0) is 53.6 Å². The molecule has 0 fully saturated rings. The van der Waals surface area contributed by atoms with Crippen molar-refractivity contribution in [2.75, 3.05) is 26.6 Å². The maximum absolute atomic E-state index is 13.0. The van der Waals surface area contributed by atoms with Gasteiger partial charge in [-0.3, -0.25) is 4.79 Å². The van der Waals surface area contributed by atoms with Crippen LogP contribution in [0.1, 0.15) is 23.0 Å². The van der Waals surface area contributed by atoms with Gasteiger partial charge >= 0.3 is 0 Å². The number of carbonyl (C=O) groups is 1. The van der Waals surface area contributed by atoms with E-state index in [9.17, 15) is 4.79 Å². The molecule has 35 heavy (non-hydrogen) atoms. The molecule has 4 aromatic rings. The number of anilines is 1. The van der Waals surface area contributed by atoms with Gasteiger partial charge in [-0.25, -0.2) is 10.1 Å². The largest absolute Gasteiger partial charge is 0.494 e. The first kappa shape index (κ1) is 23.2. The van der Waals surface area contributed by atoms with E-state index in [4.69, 9.17) is 19.9 Å². The van der Waals surface area contributed by atoms with Gasteiger partial charge < -0.3 is 19.9 Å². The van der Waals surface area contributed by atoms with E-state index in [1.807, 2.05) is 6.92 Å². The number of ether oxygens (including phenoxy) is 3. The molecule has 13 heteroatoms. The number of benzene rings is 2. The van der Waals surface area contributed by atoms with Crippen molar-refractivity contribution in [1.29, 1.82) is 0 Å². The molecule has 0 aliphatic heterocycles. The third-order valence-electron chi connectivity index (χ3n) is 4.82. The number of amides is 1. The van der Waals surface area contributed by atoms with E-state index in [0.29, 0.717) is 40.7 Å². The minimum absolute atomic E-state index is 0.0165. The monoisotopic (exact) mass is 478 g/mol. The Balaban J connectivity index is 1.67. The zero-order chi connectivity index (χ0) is 24.8. The number of nitrogen functional groups attached to an aromatic ring is 1. The third-order valence-corrected chi connectivity index (χ3v) is 4.82. The zero-order valence-electron chi connectivity index (χ0n) is 19.1. The number of nitrogens with one attached hydrogen (secondary N) is 1. The molecule has 0 saturated heterocycles. The first-order valence-electron chi connectivity index (χ1n) is 10.4. The lowest BCUT2D eigenvalue weighted by Crippen LogP contribution is -2.19. The first-order chi connectivity index (χ1) is 17.1. The summed E-state index contributed by atoms with van der Waals surface area (Å²) >= 11 is 0. The average Bonchev–Trinajstić information content (AvgIpc) is 3.50. The van der Waals surface area contributed by atoms with Crippen LogP contribution in [0.2, 0.25) is 0 Å². The van der Waals surface area contributed by atoms with Crippen molar-refractivity contribution in [2.24, 2.45) is 5.10 Å². The molecule has 2 aromatic carbocycles. The Bertz CT molecular complexity index is 1350. The van der Waals surface area contributed by atoms with E-state index in [0.717, 1.165) is 0 Å². The molecule has 4 rings (SSSR count). The highest BCUT2D eigenvalue weighted by atomic mass is 16.6. The molecule has 0 aliphatic carbocycles. The van der Waals surface area contributed by atoms with Gasteiger partial charge in [0.15, 0.2) is 17.2 Å². The van der Waals surface area contributed by atoms with Crippen LogP contribution in [0.25, 0.3) is 17.1 Å². The van der Waals surface area contributed by atoms with Gasteiger partial charge in [0.1, 0.15) is 11.4 Å². The minimum atomic E-state index is -0.617. The van der Waals surface area contributed by atoms with Gasteiger partial charge in [0.2, 0.25) is 11.6 Å². The molecule has 0 bridgehead atoms. The molecule has 0 spiro atoms. The quantitative estimate of drug-likeness (QED) is 0.269. The Kier molecular flexibility index (Phi) is 6.86. The molecule has 0 atom stereocenters. The highest BCUT2D eigenvalue weighted by molar-refractivity contribution is 5.99. The van der Waals surface area contributed by atoms with E-state index < -0.39 is 5.91 Å². The summed E-state index contributed by atoms with van der Waals surface area (Å²) in [4.78, 5) is 13.0. The molecule has 180 valence electrons. The third kappa shape index (κ3) is 4.73. The van der Waals surface area contributed by atoms with Gasteiger partial charge in [-0.1, -0.05) is 11.3 Å². The predicted molar refractivity (Wildman–Crippen MR) is 125 cm³/mol. The molecular formula is C22H22N8O5. The van der Waals surface area contributed by atoms with Crippen LogP contribution in [0.5, 0.6) is 17.2 Å². The molecule has 1 amide bonds. The number of para-hydroxylation sites is 1. The van der Waals surface area contributed by atoms with Gasteiger partial charge in [0.05, 0.1) is 27.0 Å². The van der Waals surface area contributed by atoms with E-state index >= 15 is 0 Å². The lowest BCUT2D eigenvalue weighted by Gasteiger charge is -2.09. The maximum atomic E-state index is 13.0. The van der Waals surface area contributed by atoms with Crippen LogP contribution in [0.3, 0.4) is 0 Å². The summed E-state index contributed by atoms with van der Waals surface area (Å²) in [5, 5.41) is 19.4. The smallest absolute Gasteiger partial charge is 0.294 e. The van der Waals surface area contributed by atoms with Crippen LogP contribution < -0.4 is 25.4 Å². The van der Waals surface area contributed by atoms with Crippen molar-refractivity contribution >= 4 is 17.9 Å². The Hall–Kier alpha value is -4.94. The molecule has 0 radical (unpaired) electrons. The number of nitrogens with two attached hydrogens (primary N) is 1. The fourth-order valence-corrected chi connectivity index (χ4v) is 3.28. The Morgan fingerprint density at radius 1 is 1.17 bits per heavy atom. The minimum Gasteiger partial charge on any atom is -0.494 e. The topological polar surface area (TPSA) is 165 Å². The predicted octanol–water partition coefficient (Wildman–Crippen LogP) is 2.08. The molecule has 2 heterocycles. The van der Waals surface area contributed by atoms with Crippen molar-refractivity contribution in [1.82, 2.24) is 30.7 Å². The molecule has 0 unspecified atom stereocenters. The van der Waals surface area contributed by atoms with Crippen LogP contribution in [0.4, 0.5) is 5.82 Å². The fourth-order valence-electron chi connectivity index (χ4n) is 3.28. The van der Waals surface area contributed by atoms with Crippen molar-refractivity contribution < 1.29 is 23.6 Å². The highest BCUT2D eigenvalue weighted by Gasteiger charge is 2.25. The lowest BCUT2D eigenvalue weighted by molar-refractivity contribution is 0.0950. The maximum Gasteiger partial charge on any atom is 0.294 e. The summed E-state index contributed by atoms with van der Waals surface area (Å²) in [5.74, 6) is 1.13. The second-order valence-electron chi connectivity index (χ2n) is 6.91. The van der Waals surface area contributed by atoms with Crippen molar-refractivity contribution in [2.45, 2.75) is 6.92 Å². The zero-order valence-corrected chi connectivity index (χ0v) is 19.1. The van der Waals surface area contributed by atoms with Crippen LogP contribution in [-0.2, 0) is 0 Å². The van der Waals surface area contributed by atoms with Crippen LogP contribution in [0.15, 0.2) is 52.2 Å². The van der Waals surface area contributed by atoms with Crippen LogP contribution in [-0.4, -0.2) is 58.3 Å². The van der Waals surface area contributed by atoms with Gasteiger partial charge in [0.25, 0.3) is 5.91 Å². The molecule has 13 nitrogen and oxygen atoms in total. The second-order valence-corrected chi connectivity index (χ2v) is 6.91. The number of aromatic nitrogens is 5. The summed E-state index contributed by atoms with van der Waals surface area (Å²) in [6.07, 6.45) is 1.43. The van der Waals surface area contributed by atoms with Crippen LogP contribution in [0, 0.1) is 0 Å². The number of carbonyl (C=O) groups excluding carboxylic acids is 1. The summed E-state index contributed by atoms with van der Waals surface area (Å²) in [6, 6.07) is 12.3. The Morgan fingerprint density at radius 2 is 1.97 bits per heavy atom. The van der Waals surface area contributed by atoms with Crippen LogP contribution >= 0.6 is 0 Å². The van der Waals surface area contributed by atoms with Gasteiger partial charge in [-0.15, -0.1) is 5.10 Å². The van der Waals surface area contributed by atoms with E-state index in [1.54, 1.807) is 42.5 Å². The highest BCUT2D eigenvalue weighted by Crippen LogP contribution is 2.30. The summed E-state index contributed by atoms with van der Waals surface area (Å²) in [5.41, 5.74) is 9.78. The second kappa shape index (κ2) is 10.3. The normalized spacial score (nSPS) is 10.9.